The summed E-state index contributed by atoms with van der Waals surface area (Å²) in [7, 11) is 0. The van der Waals surface area contributed by atoms with Crippen molar-refractivity contribution in [1.82, 2.24) is 0 Å². The van der Waals surface area contributed by atoms with Gasteiger partial charge in [-0.05, 0) is 61.1 Å². The van der Waals surface area contributed by atoms with Gasteiger partial charge in [-0.25, -0.2) is 0 Å². The Balaban J connectivity index is 1.65. The van der Waals surface area contributed by atoms with E-state index in [1.54, 1.807) is 6.07 Å². The van der Waals surface area contributed by atoms with Gasteiger partial charge in [0, 0.05) is 5.02 Å². The first-order valence-electron chi connectivity index (χ1n) is 11.2. The molecule has 3 atom stereocenters. The van der Waals surface area contributed by atoms with E-state index in [-0.39, 0.29) is 22.4 Å². The molecule has 188 valence electrons. The standard InChI is InChI=1S/C25H24Cl2F3NO4/c1-13(25(28,29)30)20(14-2-5-16(26)6-3-14)22(32)31-19-12-15(4-9-18(19)27)21(35-17-7-8-17)24(10-11-24)23(33)34/h2-6,9,12-13,17,20-21H,7-8,10-11H2,1H3,(H,31,32)(H,33,34)/t13-,20+,21?/m1/s1. The van der Waals surface area contributed by atoms with Gasteiger partial charge in [-0.3, -0.25) is 9.59 Å². The number of ether oxygens (including phenoxy) is 1. The predicted octanol–water partition coefficient (Wildman–Crippen LogP) is 7.00. The minimum atomic E-state index is -4.63. The van der Waals surface area contributed by atoms with Crippen LogP contribution in [0.2, 0.25) is 10.0 Å². The van der Waals surface area contributed by atoms with Crippen molar-refractivity contribution in [1.29, 1.82) is 0 Å². The molecule has 10 heteroatoms. The Kier molecular flexibility index (Phi) is 7.10. The number of carbonyl (C=O) groups excluding carboxylic acids is 1. The predicted molar refractivity (Wildman–Crippen MR) is 126 cm³/mol. The Labute approximate surface area is 210 Å². The van der Waals surface area contributed by atoms with Crippen LogP contribution in [0.15, 0.2) is 42.5 Å². The molecule has 35 heavy (non-hydrogen) atoms. The van der Waals surface area contributed by atoms with Crippen LogP contribution in [0, 0.1) is 11.3 Å². The minimum absolute atomic E-state index is 0.0348. The summed E-state index contributed by atoms with van der Waals surface area (Å²) < 4.78 is 47.0. The first-order valence-corrected chi connectivity index (χ1v) is 12.0. The molecule has 2 aromatic carbocycles. The SMILES string of the molecule is C[C@H]([C@H](C(=O)Nc1cc(C(OC2CC2)C2(C(=O)O)CC2)ccc1Cl)c1ccc(Cl)cc1)C(F)(F)F. The van der Waals surface area contributed by atoms with Crippen LogP contribution in [0.5, 0.6) is 0 Å². The number of hydrogen-bond acceptors (Lipinski definition) is 3. The van der Waals surface area contributed by atoms with Gasteiger partial charge in [-0.15, -0.1) is 0 Å². The number of hydrogen-bond donors (Lipinski definition) is 2. The van der Waals surface area contributed by atoms with Crippen molar-refractivity contribution >= 4 is 40.8 Å². The molecule has 2 aliphatic carbocycles. The van der Waals surface area contributed by atoms with Gasteiger partial charge in [0.05, 0.1) is 40.2 Å². The van der Waals surface area contributed by atoms with Crippen LogP contribution < -0.4 is 5.32 Å². The summed E-state index contributed by atoms with van der Waals surface area (Å²) in [5.74, 6) is -5.40. The molecule has 2 aromatic rings. The van der Waals surface area contributed by atoms with Gasteiger partial charge >= 0.3 is 12.1 Å². The molecule has 2 fully saturated rings. The summed E-state index contributed by atoms with van der Waals surface area (Å²) in [5.41, 5.74) is -0.313. The lowest BCUT2D eigenvalue weighted by Crippen LogP contribution is -2.34. The molecule has 0 bridgehead atoms. The second kappa shape index (κ2) is 9.64. The molecule has 2 aliphatic rings. The van der Waals surface area contributed by atoms with Gasteiger partial charge in [-0.2, -0.15) is 13.2 Å². The molecule has 0 saturated heterocycles. The van der Waals surface area contributed by atoms with Gasteiger partial charge in [0.15, 0.2) is 0 Å². The van der Waals surface area contributed by atoms with Crippen LogP contribution >= 0.6 is 23.2 Å². The number of halogens is 5. The number of carboxylic acid groups (broad SMARTS) is 1. The number of carboxylic acids is 1. The van der Waals surface area contributed by atoms with E-state index in [0.29, 0.717) is 23.4 Å². The van der Waals surface area contributed by atoms with E-state index in [0.717, 1.165) is 19.8 Å². The van der Waals surface area contributed by atoms with Crippen molar-refractivity contribution in [3.63, 3.8) is 0 Å². The Hall–Kier alpha value is -2.29. The van der Waals surface area contributed by atoms with Crippen molar-refractivity contribution < 1.29 is 32.6 Å². The van der Waals surface area contributed by atoms with E-state index in [9.17, 15) is 27.9 Å². The maximum atomic E-state index is 13.6. The second-order valence-corrected chi connectivity index (χ2v) is 10.1. The smallest absolute Gasteiger partial charge is 0.392 e. The van der Waals surface area contributed by atoms with E-state index in [4.69, 9.17) is 27.9 Å². The number of nitrogens with one attached hydrogen (secondary N) is 1. The van der Waals surface area contributed by atoms with Gasteiger partial charge in [0.2, 0.25) is 5.91 Å². The summed E-state index contributed by atoms with van der Waals surface area (Å²) in [4.78, 5) is 25.2. The third-order valence-electron chi connectivity index (χ3n) is 6.65. The highest BCUT2D eigenvalue weighted by molar-refractivity contribution is 6.33. The lowest BCUT2D eigenvalue weighted by molar-refractivity contribution is -0.178. The number of carbonyl (C=O) groups is 2. The lowest BCUT2D eigenvalue weighted by atomic mass is 9.85. The Morgan fingerprint density at radius 1 is 1.09 bits per heavy atom. The average molecular weight is 530 g/mol. The molecule has 0 spiro atoms. The fraction of sp³-hybridized carbons (Fsp3) is 0.440. The third-order valence-corrected chi connectivity index (χ3v) is 7.23. The van der Waals surface area contributed by atoms with Crippen molar-refractivity contribution in [2.75, 3.05) is 5.32 Å². The second-order valence-electron chi connectivity index (χ2n) is 9.26. The van der Waals surface area contributed by atoms with Gasteiger partial charge < -0.3 is 15.2 Å². The van der Waals surface area contributed by atoms with E-state index >= 15 is 0 Å². The normalized spacial score (nSPS) is 19.5. The van der Waals surface area contributed by atoms with E-state index < -0.39 is 41.4 Å². The maximum Gasteiger partial charge on any atom is 0.392 e. The zero-order valence-corrected chi connectivity index (χ0v) is 20.3. The van der Waals surface area contributed by atoms with Crippen molar-refractivity contribution in [2.24, 2.45) is 11.3 Å². The summed E-state index contributed by atoms with van der Waals surface area (Å²) in [5, 5.41) is 12.8. The fourth-order valence-electron chi connectivity index (χ4n) is 4.19. The van der Waals surface area contributed by atoms with Crippen LogP contribution in [0.25, 0.3) is 0 Å². The summed E-state index contributed by atoms with van der Waals surface area (Å²) >= 11 is 12.2. The average Bonchev–Trinajstić information content (AvgIpc) is 3.69. The number of alkyl halides is 3. The molecular weight excluding hydrogens is 506 g/mol. The van der Waals surface area contributed by atoms with Crippen LogP contribution in [0.1, 0.15) is 55.8 Å². The van der Waals surface area contributed by atoms with E-state index in [1.165, 1.54) is 36.4 Å². The number of aliphatic carboxylic acids is 1. The number of benzene rings is 2. The minimum Gasteiger partial charge on any atom is -0.481 e. The van der Waals surface area contributed by atoms with Gasteiger partial charge in [0.25, 0.3) is 0 Å². The van der Waals surface area contributed by atoms with Gasteiger partial charge in [0.1, 0.15) is 0 Å². The molecule has 0 radical (unpaired) electrons. The van der Waals surface area contributed by atoms with Crippen molar-refractivity contribution in [3.05, 3.63) is 63.6 Å². The first-order chi connectivity index (χ1) is 16.4. The molecule has 2 N–H and O–H groups in total. The number of amides is 1. The van der Waals surface area contributed by atoms with Crippen LogP contribution in [0.4, 0.5) is 18.9 Å². The molecule has 0 aromatic heterocycles. The van der Waals surface area contributed by atoms with E-state index in [2.05, 4.69) is 5.32 Å². The summed E-state index contributed by atoms with van der Waals surface area (Å²) in [6.45, 7) is 0.945. The number of rotatable bonds is 9. The molecule has 0 heterocycles. The van der Waals surface area contributed by atoms with Crippen LogP contribution in [-0.2, 0) is 14.3 Å². The van der Waals surface area contributed by atoms with Crippen LogP contribution in [-0.4, -0.2) is 29.3 Å². The van der Waals surface area contributed by atoms with Gasteiger partial charge in [-0.1, -0.05) is 48.3 Å². The lowest BCUT2D eigenvalue weighted by Gasteiger charge is -2.27. The largest absolute Gasteiger partial charge is 0.481 e. The van der Waals surface area contributed by atoms with E-state index in [1.807, 2.05) is 0 Å². The zero-order chi connectivity index (χ0) is 25.5. The van der Waals surface area contributed by atoms with Crippen molar-refractivity contribution in [3.8, 4) is 0 Å². The molecular formula is C25H24Cl2F3NO4. The van der Waals surface area contributed by atoms with Crippen LogP contribution in [0.3, 0.4) is 0 Å². The summed E-state index contributed by atoms with van der Waals surface area (Å²) in [6.07, 6.45) is -2.84. The quantitative estimate of drug-likeness (QED) is 0.366. The molecule has 2 saturated carbocycles. The first kappa shape index (κ1) is 25.8. The molecule has 0 aliphatic heterocycles. The zero-order valence-electron chi connectivity index (χ0n) is 18.7. The highest BCUT2D eigenvalue weighted by atomic mass is 35.5. The Bertz CT molecular complexity index is 1110. The maximum absolute atomic E-state index is 13.6. The molecule has 5 nitrogen and oxygen atoms in total. The summed E-state index contributed by atoms with van der Waals surface area (Å²) in [6, 6.07) is 10.2. The number of anilines is 1. The van der Waals surface area contributed by atoms with Crippen molar-refractivity contribution in [2.45, 2.75) is 56.9 Å². The highest BCUT2D eigenvalue weighted by Crippen LogP contribution is 2.58. The molecule has 4 rings (SSSR count). The molecule has 1 amide bonds. The monoisotopic (exact) mass is 529 g/mol. The third kappa shape index (κ3) is 5.60. The Morgan fingerprint density at radius 3 is 2.20 bits per heavy atom. The fourth-order valence-corrected chi connectivity index (χ4v) is 4.48. The topological polar surface area (TPSA) is 75.6 Å². The highest BCUT2D eigenvalue weighted by Gasteiger charge is 2.58. The molecule has 1 unspecified atom stereocenters. The Morgan fingerprint density at radius 2 is 1.69 bits per heavy atom.